The Kier molecular flexibility index (Phi) is 7.69. The minimum Gasteiger partial charge on any atom is -0.391 e. The van der Waals surface area contributed by atoms with Gasteiger partial charge in [-0.2, -0.15) is 0 Å². The number of allylic oxidation sites excluding steroid dienone is 7. The molecule has 3 heteroatoms. The van der Waals surface area contributed by atoms with Crippen LogP contribution in [0.3, 0.4) is 0 Å². The van der Waals surface area contributed by atoms with Crippen LogP contribution in [0.25, 0.3) is 0 Å². The van der Waals surface area contributed by atoms with E-state index in [1.165, 1.54) is 38.6 Å². The Morgan fingerprint density at radius 1 is 0.788 bits per heavy atom. The Labute approximate surface area is 201 Å². The van der Waals surface area contributed by atoms with Crippen LogP contribution in [0.4, 0.5) is 0 Å². The van der Waals surface area contributed by atoms with Gasteiger partial charge in [0.05, 0.1) is 6.10 Å². The molecule has 7 atom stereocenters. The molecule has 2 saturated heterocycles. The molecule has 1 spiro atoms. The van der Waals surface area contributed by atoms with Crippen molar-refractivity contribution in [2.45, 2.75) is 76.4 Å². The van der Waals surface area contributed by atoms with Crippen molar-refractivity contribution in [2.75, 3.05) is 32.7 Å². The number of rotatable bonds is 0. The maximum Gasteiger partial charge on any atom is 0.0707 e. The van der Waals surface area contributed by atoms with Crippen LogP contribution in [-0.4, -0.2) is 59.8 Å². The summed E-state index contributed by atoms with van der Waals surface area (Å²) in [4.78, 5) is 5.47. The van der Waals surface area contributed by atoms with Gasteiger partial charge in [-0.05, 0) is 76.7 Å². The molecule has 0 aromatic rings. The summed E-state index contributed by atoms with van der Waals surface area (Å²) in [6.07, 6.45) is 33.0. The van der Waals surface area contributed by atoms with Gasteiger partial charge in [0.2, 0.25) is 0 Å². The molecule has 1 aliphatic carbocycles. The summed E-state index contributed by atoms with van der Waals surface area (Å²) in [6, 6.07) is 0.510. The van der Waals surface area contributed by atoms with Crippen molar-refractivity contribution in [3.05, 3.63) is 60.3 Å². The lowest BCUT2D eigenvalue weighted by molar-refractivity contribution is -0.159. The monoisotopic (exact) mass is 448 g/mol. The molecular formula is C30H44N2O. The second kappa shape index (κ2) is 10.9. The van der Waals surface area contributed by atoms with Crippen molar-refractivity contribution in [3.63, 3.8) is 0 Å². The normalized spacial score (nSPS) is 45.8. The van der Waals surface area contributed by atoms with Crippen LogP contribution in [0.1, 0.15) is 64.2 Å². The molecule has 6 rings (SSSR count). The van der Waals surface area contributed by atoms with E-state index in [1.54, 1.807) is 5.57 Å². The van der Waals surface area contributed by atoms with Crippen molar-refractivity contribution >= 4 is 0 Å². The van der Waals surface area contributed by atoms with Gasteiger partial charge >= 0.3 is 0 Å². The molecule has 180 valence electrons. The quantitative estimate of drug-likeness (QED) is 0.485. The lowest BCUT2D eigenvalue weighted by atomic mass is 9.51. The van der Waals surface area contributed by atoms with Crippen LogP contribution >= 0.6 is 0 Å². The predicted octanol–water partition coefficient (Wildman–Crippen LogP) is 5.66. The number of fused-ring (bicyclic) bond motifs is 1. The third kappa shape index (κ3) is 5.01. The highest BCUT2D eigenvalue weighted by Gasteiger charge is 2.61. The number of nitrogens with zero attached hydrogens (tertiary/aromatic N) is 2. The molecule has 6 bridgehead atoms. The van der Waals surface area contributed by atoms with Crippen molar-refractivity contribution in [2.24, 2.45) is 17.3 Å². The van der Waals surface area contributed by atoms with Crippen LogP contribution in [0.5, 0.6) is 0 Å². The minimum atomic E-state index is -0.200. The summed E-state index contributed by atoms with van der Waals surface area (Å²) in [6.45, 7) is 5.46. The van der Waals surface area contributed by atoms with E-state index >= 15 is 0 Å². The van der Waals surface area contributed by atoms with E-state index in [2.05, 4.69) is 64.5 Å². The Bertz CT molecular complexity index is 808. The van der Waals surface area contributed by atoms with Gasteiger partial charge in [-0.3, -0.25) is 9.80 Å². The summed E-state index contributed by atoms with van der Waals surface area (Å²) < 4.78 is 0. The molecule has 5 heterocycles. The van der Waals surface area contributed by atoms with Gasteiger partial charge in [0.1, 0.15) is 0 Å². The molecule has 0 saturated carbocycles. The predicted molar refractivity (Wildman–Crippen MR) is 138 cm³/mol. The van der Waals surface area contributed by atoms with Gasteiger partial charge in [-0.15, -0.1) is 0 Å². The van der Waals surface area contributed by atoms with Gasteiger partial charge in [-0.1, -0.05) is 60.3 Å². The first-order valence-electron chi connectivity index (χ1n) is 13.7. The number of piperidine rings is 2. The highest BCUT2D eigenvalue weighted by molar-refractivity contribution is 5.31. The summed E-state index contributed by atoms with van der Waals surface area (Å²) in [5, 5.41) is 11.6. The van der Waals surface area contributed by atoms with E-state index in [9.17, 15) is 5.11 Å². The average Bonchev–Trinajstić information content (AvgIpc) is 2.83. The van der Waals surface area contributed by atoms with Crippen molar-refractivity contribution in [1.82, 2.24) is 9.80 Å². The Balaban J connectivity index is 1.51. The van der Waals surface area contributed by atoms with Crippen molar-refractivity contribution in [1.29, 1.82) is 0 Å². The Morgan fingerprint density at radius 3 is 2.42 bits per heavy atom. The molecule has 0 radical (unpaired) electrons. The highest BCUT2D eigenvalue weighted by Crippen LogP contribution is 2.57. The fourth-order valence-corrected chi connectivity index (χ4v) is 7.75. The van der Waals surface area contributed by atoms with Crippen LogP contribution in [-0.2, 0) is 0 Å². The molecule has 0 amide bonds. The number of hydrogen-bond acceptors (Lipinski definition) is 3. The van der Waals surface area contributed by atoms with E-state index in [0.29, 0.717) is 17.9 Å². The molecule has 6 unspecified atom stereocenters. The third-order valence-corrected chi connectivity index (χ3v) is 8.90. The van der Waals surface area contributed by atoms with Gasteiger partial charge in [0.15, 0.2) is 0 Å². The van der Waals surface area contributed by atoms with Crippen LogP contribution in [0, 0.1) is 17.3 Å². The molecule has 33 heavy (non-hydrogen) atoms. The smallest absolute Gasteiger partial charge is 0.0707 e. The van der Waals surface area contributed by atoms with Crippen molar-refractivity contribution in [3.8, 4) is 0 Å². The van der Waals surface area contributed by atoms with Crippen molar-refractivity contribution < 1.29 is 5.11 Å². The second-order valence-electron chi connectivity index (χ2n) is 11.1. The fourth-order valence-electron chi connectivity index (χ4n) is 7.75. The first kappa shape index (κ1) is 23.3. The summed E-state index contributed by atoms with van der Waals surface area (Å²) in [5.41, 5.74) is 1.87. The zero-order valence-corrected chi connectivity index (χ0v) is 20.5. The minimum absolute atomic E-state index is 0.183. The summed E-state index contributed by atoms with van der Waals surface area (Å²) >= 11 is 0. The zero-order chi connectivity index (χ0) is 22.5. The van der Waals surface area contributed by atoms with Gasteiger partial charge < -0.3 is 5.11 Å². The topological polar surface area (TPSA) is 26.7 Å². The summed E-state index contributed by atoms with van der Waals surface area (Å²) in [7, 11) is 0. The van der Waals surface area contributed by atoms with Crippen LogP contribution in [0.15, 0.2) is 60.3 Å². The van der Waals surface area contributed by atoms with E-state index in [1.807, 2.05) is 0 Å². The first-order chi connectivity index (χ1) is 16.3. The average molecular weight is 449 g/mol. The first-order valence-corrected chi connectivity index (χ1v) is 13.7. The lowest BCUT2D eigenvalue weighted by Gasteiger charge is -2.65. The zero-order valence-electron chi connectivity index (χ0n) is 20.5. The standard InChI is InChI=1S/C30H44N2O/c33-27-23-31-19-15-11-7-4-2-1-3-5-9-13-17-25-21-26-22-32-20-16-12-8-6-10-14-18-30(24-31,28(26)27)29(25)32/h1-2,5-7,9-11,21,26-29,33H,3-4,8,12-20,22-24H2/b2-1-,9-5-,10-6-,11-7-/t26?,27-,28?,29?,30?/m1/s1. The number of aliphatic hydroxyl groups excluding tert-OH is 1. The maximum absolute atomic E-state index is 11.6. The second-order valence-corrected chi connectivity index (χ2v) is 11.1. The lowest BCUT2D eigenvalue weighted by Crippen LogP contribution is -2.72. The van der Waals surface area contributed by atoms with E-state index < -0.39 is 0 Å². The van der Waals surface area contributed by atoms with E-state index in [4.69, 9.17) is 0 Å². The maximum atomic E-state index is 11.6. The van der Waals surface area contributed by atoms with Gasteiger partial charge in [0.25, 0.3) is 0 Å². The molecular weight excluding hydrogens is 404 g/mol. The summed E-state index contributed by atoms with van der Waals surface area (Å²) in [5.74, 6) is 0.936. The Morgan fingerprint density at radius 2 is 1.55 bits per heavy atom. The highest BCUT2D eigenvalue weighted by atomic mass is 16.3. The van der Waals surface area contributed by atoms with E-state index in [-0.39, 0.29) is 11.5 Å². The van der Waals surface area contributed by atoms with Gasteiger partial charge in [0, 0.05) is 43.6 Å². The number of aliphatic hydroxyl groups is 1. The van der Waals surface area contributed by atoms with Crippen LogP contribution < -0.4 is 0 Å². The van der Waals surface area contributed by atoms with Crippen LogP contribution in [0.2, 0.25) is 0 Å². The molecule has 6 aliphatic rings. The molecule has 2 fully saturated rings. The largest absolute Gasteiger partial charge is 0.391 e. The molecule has 0 aromatic carbocycles. The molecule has 3 nitrogen and oxygen atoms in total. The SMILES string of the molecule is O[C@@H]1CN2CC/C=C\C/C=C\C/C=C\CCC3=CC4CN5CCCC/C=C\CCC(C2)(C41)C35. The molecule has 0 aromatic heterocycles. The molecule has 5 aliphatic heterocycles. The molecule has 1 N–H and O–H groups in total. The van der Waals surface area contributed by atoms with E-state index in [0.717, 1.165) is 58.3 Å². The third-order valence-electron chi connectivity index (χ3n) is 8.90. The Hall–Kier alpha value is -1.42. The fraction of sp³-hybridized carbons (Fsp3) is 0.667. The number of hydrogen-bond donors (Lipinski definition) is 1. The van der Waals surface area contributed by atoms with Gasteiger partial charge in [-0.25, -0.2) is 0 Å².